The van der Waals surface area contributed by atoms with Crippen LogP contribution in [0.2, 0.25) is 0 Å². The van der Waals surface area contributed by atoms with Crippen molar-refractivity contribution in [2.45, 2.75) is 4.90 Å². The Bertz CT molecular complexity index is 911. The minimum absolute atomic E-state index is 0.0995. The van der Waals surface area contributed by atoms with Gasteiger partial charge < -0.3 is 9.64 Å². The van der Waals surface area contributed by atoms with Crippen LogP contribution in [0.5, 0.6) is 5.75 Å². The highest BCUT2D eigenvalue weighted by atomic mass is 32.2. The van der Waals surface area contributed by atoms with Crippen LogP contribution >= 0.6 is 0 Å². The van der Waals surface area contributed by atoms with Gasteiger partial charge in [-0.1, -0.05) is 0 Å². The Morgan fingerprint density at radius 2 is 1.84 bits per heavy atom. The number of fused-ring (bicyclic) bond motifs is 1. The quantitative estimate of drug-likeness (QED) is 0.837. The molecule has 1 heterocycles. The summed E-state index contributed by atoms with van der Waals surface area (Å²) in [5.74, 6) is -0.369. The van der Waals surface area contributed by atoms with E-state index in [0.29, 0.717) is 23.6 Å². The normalized spacial score (nSPS) is 14.2. The average Bonchev–Trinajstić information content (AvgIpc) is 2.60. The van der Waals surface area contributed by atoms with Crippen molar-refractivity contribution in [2.75, 3.05) is 32.1 Å². The molecule has 0 bridgehead atoms. The van der Waals surface area contributed by atoms with Crippen LogP contribution in [-0.2, 0) is 10.0 Å². The van der Waals surface area contributed by atoms with E-state index in [2.05, 4.69) is 0 Å². The molecule has 0 N–H and O–H groups in total. The Balaban J connectivity index is 1.92. The molecule has 0 fully saturated rings. The first-order valence-corrected chi connectivity index (χ1v) is 9.01. The van der Waals surface area contributed by atoms with E-state index in [-0.39, 0.29) is 17.3 Å². The summed E-state index contributed by atoms with van der Waals surface area (Å²) in [6.07, 6.45) is 0. The van der Waals surface area contributed by atoms with Gasteiger partial charge in [-0.3, -0.25) is 4.79 Å². The summed E-state index contributed by atoms with van der Waals surface area (Å²) < 4.78 is 44.2. The number of anilines is 1. The van der Waals surface area contributed by atoms with Crippen LogP contribution in [-0.4, -0.2) is 45.9 Å². The van der Waals surface area contributed by atoms with E-state index in [4.69, 9.17) is 4.74 Å². The largest absolute Gasteiger partial charge is 0.490 e. The molecule has 1 aliphatic heterocycles. The molecule has 2 aromatic rings. The number of halogens is 1. The number of hydrogen-bond donors (Lipinski definition) is 0. The third kappa shape index (κ3) is 3.22. The Morgan fingerprint density at radius 1 is 1.16 bits per heavy atom. The zero-order valence-corrected chi connectivity index (χ0v) is 14.6. The monoisotopic (exact) mass is 364 g/mol. The molecule has 0 unspecified atom stereocenters. The second-order valence-corrected chi connectivity index (χ2v) is 7.88. The van der Waals surface area contributed by atoms with Crippen molar-refractivity contribution in [1.29, 1.82) is 0 Å². The van der Waals surface area contributed by atoms with Crippen molar-refractivity contribution in [3.8, 4) is 5.75 Å². The Labute approximate surface area is 145 Å². The van der Waals surface area contributed by atoms with E-state index in [9.17, 15) is 17.6 Å². The SMILES string of the molecule is CN(C)S(=O)(=O)c1ccc(C(=O)N2CCOc3ccc(F)cc32)cc1. The molecule has 0 radical (unpaired) electrons. The molecular weight excluding hydrogens is 347 g/mol. The molecule has 2 aromatic carbocycles. The summed E-state index contributed by atoms with van der Waals surface area (Å²) in [5, 5.41) is 0. The number of benzene rings is 2. The van der Waals surface area contributed by atoms with Gasteiger partial charge in [0.1, 0.15) is 18.2 Å². The molecule has 0 saturated heterocycles. The maximum absolute atomic E-state index is 13.5. The Kier molecular flexibility index (Phi) is 4.49. The zero-order chi connectivity index (χ0) is 18.2. The number of hydrogen-bond acceptors (Lipinski definition) is 4. The van der Waals surface area contributed by atoms with Crippen molar-refractivity contribution >= 4 is 21.6 Å². The molecule has 1 aliphatic rings. The lowest BCUT2D eigenvalue weighted by atomic mass is 10.1. The van der Waals surface area contributed by atoms with Crippen molar-refractivity contribution in [1.82, 2.24) is 4.31 Å². The van der Waals surface area contributed by atoms with Crippen molar-refractivity contribution in [3.63, 3.8) is 0 Å². The summed E-state index contributed by atoms with van der Waals surface area (Å²) in [7, 11) is -0.683. The first-order chi connectivity index (χ1) is 11.8. The van der Waals surface area contributed by atoms with Crippen LogP contribution in [0.15, 0.2) is 47.4 Å². The molecule has 25 heavy (non-hydrogen) atoms. The third-order valence-corrected chi connectivity index (χ3v) is 5.74. The predicted octanol–water partition coefficient (Wildman–Crippen LogP) is 2.12. The highest BCUT2D eigenvalue weighted by Gasteiger charge is 2.26. The molecule has 0 aromatic heterocycles. The van der Waals surface area contributed by atoms with Gasteiger partial charge in [-0.15, -0.1) is 0 Å². The zero-order valence-electron chi connectivity index (χ0n) is 13.8. The van der Waals surface area contributed by atoms with Gasteiger partial charge in [0.05, 0.1) is 17.1 Å². The van der Waals surface area contributed by atoms with Crippen molar-refractivity contribution < 1.29 is 22.3 Å². The summed E-state index contributed by atoms with van der Waals surface area (Å²) in [4.78, 5) is 14.3. The van der Waals surface area contributed by atoms with Crippen LogP contribution < -0.4 is 9.64 Å². The summed E-state index contributed by atoms with van der Waals surface area (Å²) >= 11 is 0. The van der Waals surface area contributed by atoms with Crippen molar-refractivity contribution in [2.24, 2.45) is 0 Å². The number of carbonyl (C=O) groups excluding carboxylic acids is 1. The lowest BCUT2D eigenvalue weighted by molar-refractivity contribution is 0.0976. The van der Waals surface area contributed by atoms with Crippen LogP contribution in [0.25, 0.3) is 0 Å². The van der Waals surface area contributed by atoms with Crippen LogP contribution in [0.3, 0.4) is 0 Å². The van der Waals surface area contributed by atoms with Gasteiger partial charge in [-0.05, 0) is 36.4 Å². The van der Waals surface area contributed by atoms with E-state index in [1.54, 1.807) is 0 Å². The maximum Gasteiger partial charge on any atom is 0.258 e. The van der Waals surface area contributed by atoms with Crippen LogP contribution in [0, 0.1) is 5.82 Å². The smallest absolute Gasteiger partial charge is 0.258 e. The summed E-state index contributed by atoms with van der Waals surface area (Å²) in [5.41, 5.74) is 0.677. The van der Waals surface area contributed by atoms with E-state index in [1.807, 2.05) is 0 Å². The maximum atomic E-state index is 13.5. The summed E-state index contributed by atoms with van der Waals surface area (Å²) in [6.45, 7) is 0.588. The lowest BCUT2D eigenvalue weighted by Gasteiger charge is -2.29. The number of carbonyl (C=O) groups is 1. The van der Waals surface area contributed by atoms with Gasteiger partial charge >= 0.3 is 0 Å². The molecule has 3 rings (SSSR count). The van der Waals surface area contributed by atoms with E-state index in [1.165, 1.54) is 61.5 Å². The topological polar surface area (TPSA) is 66.9 Å². The fourth-order valence-corrected chi connectivity index (χ4v) is 3.44. The Morgan fingerprint density at radius 3 is 2.48 bits per heavy atom. The van der Waals surface area contributed by atoms with Crippen LogP contribution in [0.1, 0.15) is 10.4 Å². The van der Waals surface area contributed by atoms with Crippen LogP contribution in [0.4, 0.5) is 10.1 Å². The fraction of sp³-hybridized carbons (Fsp3) is 0.235. The predicted molar refractivity (Wildman–Crippen MR) is 90.9 cm³/mol. The number of ether oxygens (including phenoxy) is 1. The van der Waals surface area contributed by atoms with Gasteiger partial charge in [0.2, 0.25) is 10.0 Å². The lowest BCUT2D eigenvalue weighted by Crippen LogP contribution is -2.38. The number of nitrogens with zero attached hydrogens (tertiary/aromatic N) is 2. The first kappa shape index (κ1) is 17.4. The third-order valence-electron chi connectivity index (χ3n) is 3.91. The molecular formula is C17H17FN2O4S. The number of rotatable bonds is 3. The van der Waals surface area contributed by atoms with Gasteiger partial charge in [0.15, 0.2) is 0 Å². The molecule has 1 amide bonds. The first-order valence-electron chi connectivity index (χ1n) is 7.57. The van der Waals surface area contributed by atoms with Gasteiger partial charge in [-0.2, -0.15) is 0 Å². The van der Waals surface area contributed by atoms with E-state index >= 15 is 0 Å². The highest BCUT2D eigenvalue weighted by molar-refractivity contribution is 7.89. The standard InChI is InChI=1S/C17H17FN2O4S/c1-19(2)25(22,23)14-6-3-12(4-7-14)17(21)20-9-10-24-16-8-5-13(18)11-15(16)20/h3-8,11H,9-10H2,1-2H3. The fourth-order valence-electron chi connectivity index (χ4n) is 2.54. The van der Waals surface area contributed by atoms with E-state index < -0.39 is 15.8 Å². The van der Waals surface area contributed by atoms with Gasteiger partial charge in [0, 0.05) is 25.7 Å². The average molecular weight is 364 g/mol. The number of sulfonamides is 1. The van der Waals surface area contributed by atoms with Gasteiger partial charge in [-0.25, -0.2) is 17.1 Å². The second kappa shape index (κ2) is 6.45. The minimum atomic E-state index is -3.56. The second-order valence-electron chi connectivity index (χ2n) is 5.73. The molecule has 0 spiro atoms. The molecule has 0 aliphatic carbocycles. The van der Waals surface area contributed by atoms with Crippen molar-refractivity contribution in [3.05, 3.63) is 53.8 Å². The highest BCUT2D eigenvalue weighted by Crippen LogP contribution is 2.33. The minimum Gasteiger partial charge on any atom is -0.490 e. The molecule has 8 heteroatoms. The number of amides is 1. The molecule has 0 atom stereocenters. The molecule has 132 valence electrons. The van der Waals surface area contributed by atoms with E-state index in [0.717, 1.165) is 4.31 Å². The van der Waals surface area contributed by atoms with Gasteiger partial charge in [0.25, 0.3) is 5.91 Å². The molecule has 0 saturated carbocycles. The summed E-state index contributed by atoms with van der Waals surface area (Å²) in [6, 6.07) is 9.67. The Hall–Kier alpha value is -2.45. The molecule has 6 nitrogen and oxygen atoms in total.